The topological polar surface area (TPSA) is 50.8 Å². The van der Waals surface area contributed by atoms with Gasteiger partial charge in [0.15, 0.2) is 11.5 Å². The molecule has 0 aliphatic carbocycles. The fourth-order valence-corrected chi connectivity index (χ4v) is 3.14. The van der Waals surface area contributed by atoms with Crippen molar-refractivity contribution >= 4 is 11.7 Å². The SMILES string of the molecule is O=C(NC1(C(F)(F)F)Oc2ccccc2O1)N1CCCc2ccccc21. The fraction of sp³-hybridized carbons (Fsp3) is 0.278. The van der Waals surface area contributed by atoms with E-state index in [0.717, 1.165) is 12.0 Å². The van der Waals surface area contributed by atoms with Gasteiger partial charge in [-0.1, -0.05) is 30.3 Å². The zero-order valence-electron chi connectivity index (χ0n) is 13.5. The van der Waals surface area contributed by atoms with E-state index in [1.165, 1.54) is 29.2 Å². The Morgan fingerprint density at radius 1 is 1.04 bits per heavy atom. The number of rotatable bonds is 1. The van der Waals surface area contributed by atoms with Gasteiger partial charge in [0.1, 0.15) is 0 Å². The second-order valence-electron chi connectivity index (χ2n) is 6.08. The van der Waals surface area contributed by atoms with Gasteiger partial charge in [0.25, 0.3) is 0 Å². The first kappa shape index (κ1) is 16.6. The number of carbonyl (C=O) groups is 1. The van der Waals surface area contributed by atoms with E-state index >= 15 is 0 Å². The number of para-hydroxylation sites is 3. The minimum Gasteiger partial charge on any atom is -0.424 e. The number of urea groups is 1. The van der Waals surface area contributed by atoms with Crippen LogP contribution < -0.4 is 19.7 Å². The molecule has 0 bridgehead atoms. The summed E-state index contributed by atoms with van der Waals surface area (Å²) in [4.78, 5) is 14.0. The van der Waals surface area contributed by atoms with Crippen LogP contribution in [0.1, 0.15) is 12.0 Å². The number of amides is 2. The summed E-state index contributed by atoms with van der Waals surface area (Å²) in [5.41, 5.74) is 1.50. The van der Waals surface area contributed by atoms with Gasteiger partial charge in [0, 0.05) is 12.2 Å². The van der Waals surface area contributed by atoms with Gasteiger partial charge < -0.3 is 9.47 Å². The van der Waals surface area contributed by atoms with E-state index < -0.39 is 18.1 Å². The molecule has 0 saturated carbocycles. The van der Waals surface area contributed by atoms with Crippen molar-refractivity contribution in [2.75, 3.05) is 11.4 Å². The highest BCUT2D eigenvalue weighted by Gasteiger charge is 2.66. The van der Waals surface area contributed by atoms with E-state index in [2.05, 4.69) is 0 Å². The Morgan fingerprint density at radius 2 is 1.65 bits per heavy atom. The number of benzene rings is 2. The van der Waals surface area contributed by atoms with Crippen LogP contribution in [0, 0.1) is 0 Å². The predicted octanol–water partition coefficient (Wildman–Crippen LogP) is 3.84. The van der Waals surface area contributed by atoms with Crippen molar-refractivity contribution in [1.82, 2.24) is 5.32 Å². The zero-order chi connectivity index (χ0) is 18.4. The molecule has 2 aliphatic heterocycles. The van der Waals surface area contributed by atoms with Crippen molar-refractivity contribution in [3.63, 3.8) is 0 Å². The second kappa shape index (κ2) is 5.82. The van der Waals surface area contributed by atoms with Gasteiger partial charge in [-0.25, -0.2) is 4.79 Å². The standard InChI is InChI=1S/C18H15F3N2O3/c19-17(20,21)18(25-14-9-3-4-10-15(14)26-18)22-16(24)23-11-5-7-12-6-1-2-8-13(12)23/h1-4,6,8-10H,5,7,11H2,(H,22,24). The molecule has 1 N–H and O–H groups in total. The smallest absolute Gasteiger partial charge is 0.424 e. The van der Waals surface area contributed by atoms with Gasteiger partial charge in [0.05, 0.1) is 0 Å². The molecule has 4 rings (SSSR count). The molecule has 2 aliphatic rings. The third-order valence-corrected chi connectivity index (χ3v) is 4.36. The first-order valence-corrected chi connectivity index (χ1v) is 8.11. The van der Waals surface area contributed by atoms with Gasteiger partial charge in [-0.05, 0) is 36.6 Å². The van der Waals surface area contributed by atoms with Crippen LogP contribution in [0.15, 0.2) is 48.5 Å². The highest BCUT2D eigenvalue weighted by molar-refractivity contribution is 5.93. The maximum atomic E-state index is 13.7. The third kappa shape index (κ3) is 2.61. The number of halogens is 3. The lowest BCUT2D eigenvalue weighted by Crippen LogP contribution is -2.67. The number of carbonyl (C=O) groups excluding carboxylic acids is 1. The molecular weight excluding hydrogens is 349 g/mol. The summed E-state index contributed by atoms with van der Waals surface area (Å²) in [5, 5.41) is 1.91. The van der Waals surface area contributed by atoms with E-state index in [4.69, 9.17) is 9.47 Å². The normalized spacial score (nSPS) is 17.6. The second-order valence-corrected chi connectivity index (χ2v) is 6.08. The summed E-state index contributed by atoms with van der Waals surface area (Å²) in [7, 11) is 0. The van der Waals surface area contributed by atoms with Crippen molar-refractivity contribution in [3.8, 4) is 11.5 Å². The van der Waals surface area contributed by atoms with Crippen molar-refractivity contribution in [2.45, 2.75) is 24.9 Å². The first-order chi connectivity index (χ1) is 12.4. The minimum absolute atomic E-state index is 0.0795. The maximum absolute atomic E-state index is 13.7. The molecule has 5 nitrogen and oxygen atoms in total. The summed E-state index contributed by atoms with van der Waals surface area (Å²) in [6.45, 7) is 0.309. The number of anilines is 1. The van der Waals surface area contributed by atoms with Crippen LogP contribution in [0.2, 0.25) is 0 Å². The van der Waals surface area contributed by atoms with E-state index in [1.54, 1.807) is 12.1 Å². The lowest BCUT2D eigenvalue weighted by atomic mass is 10.0. The molecule has 2 aromatic rings. The van der Waals surface area contributed by atoms with Crippen molar-refractivity contribution in [3.05, 3.63) is 54.1 Å². The molecule has 0 saturated heterocycles. The van der Waals surface area contributed by atoms with Crippen molar-refractivity contribution in [1.29, 1.82) is 0 Å². The van der Waals surface area contributed by atoms with Crippen LogP contribution in [-0.2, 0) is 6.42 Å². The molecule has 2 heterocycles. The van der Waals surface area contributed by atoms with Crippen LogP contribution in [-0.4, -0.2) is 24.7 Å². The van der Waals surface area contributed by atoms with Gasteiger partial charge in [0.2, 0.25) is 0 Å². The van der Waals surface area contributed by atoms with Gasteiger partial charge in [-0.3, -0.25) is 10.2 Å². The number of nitrogens with zero attached hydrogens (tertiary/aromatic N) is 1. The zero-order valence-corrected chi connectivity index (χ0v) is 13.5. The Balaban J connectivity index is 1.64. The molecule has 0 unspecified atom stereocenters. The van der Waals surface area contributed by atoms with Crippen LogP contribution in [0.5, 0.6) is 11.5 Å². The lowest BCUT2D eigenvalue weighted by molar-refractivity contribution is -0.317. The molecule has 26 heavy (non-hydrogen) atoms. The average molecular weight is 364 g/mol. The number of hydrogen-bond acceptors (Lipinski definition) is 3. The monoisotopic (exact) mass is 364 g/mol. The van der Waals surface area contributed by atoms with Gasteiger partial charge >= 0.3 is 18.1 Å². The summed E-state index contributed by atoms with van der Waals surface area (Å²) in [6, 6.07) is 12.0. The Morgan fingerprint density at radius 3 is 2.31 bits per heavy atom. The van der Waals surface area contributed by atoms with Crippen LogP contribution in [0.25, 0.3) is 0 Å². The molecule has 0 aromatic heterocycles. The highest BCUT2D eigenvalue weighted by atomic mass is 19.4. The molecule has 2 aromatic carbocycles. The minimum atomic E-state index is -4.98. The Bertz CT molecular complexity index is 829. The summed E-state index contributed by atoms with van der Waals surface area (Å²) >= 11 is 0. The number of fused-ring (bicyclic) bond motifs is 2. The van der Waals surface area contributed by atoms with E-state index in [1.807, 2.05) is 17.4 Å². The molecule has 2 amide bonds. The highest BCUT2D eigenvalue weighted by Crippen LogP contribution is 2.45. The molecule has 136 valence electrons. The molecule has 0 atom stereocenters. The van der Waals surface area contributed by atoms with E-state index in [0.29, 0.717) is 18.7 Å². The van der Waals surface area contributed by atoms with Crippen molar-refractivity contribution < 1.29 is 27.4 Å². The average Bonchev–Trinajstić information content (AvgIpc) is 3.00. The Kier molecular flexibility index (Phi) is 3.71. The fourth-order valence-electron chi connectivity index (χ4n) is 3.14. The van der Waals surface area contributed by atoms with Crippen LogP contribution >= 0.6 is 0 Å². The van der Waals surface area contributed by atoms with Gasteiger partial charge in [-0.15, -0.1) is 0 Å². The number of nitrogens with one attached hydrogen (secondary N) is 1. The molecular formula is C18H15F3N2O3. The maximum Gasteiger partial charge on any atom is 0.492 e. The lowest BCUT2D eigenvalue weighted by Gasteiger charge is -2.34. The van der Waals surface area contributed by atoms with E-state index in [9.17, 15) is 18.0 Å². The number of alkyl halides is 3. The number of hydrogen-bond donors (Lipinski definition) is 1. The summed E-state index contributed by atoms with van der Waals surface area (Å²) in [6.07, 6.45) is -3.55. The Hall–Kier alpha value is -2.90. The number of aryl methyl sites for hydroxylation is 1. The van der Waals surface area contributed by atoms with Gasteiger partial charge in [-0.2, -0.15) is 13.2 Å². The molecule has 0 spiro atoms. The largest absolute Gasteiger partial charge is 0.492 e. The van der Waals surface area contributed by atoms with Crippen LogP contribution in [0.4, 0.5) is 23.7 Å². The summed E-state index contributed by atoms with van der Waals surface area (Å²) < 4.78 is 51.2. The molecule has 0 radical (unpaired) electrons. The van der Waals surface area contributed by atoms with Crippen molar-refractivity contribution in [2.24, 2.45) is 0 Å². The summed E-state index contributed by atoms with van der Waals surface area (Å²) in [5.74, 6) is -3.41. The number of ether oxygens (including phenoxy) is 2. The quantitative estimate of drug-likeness (QED) is 0.837. The third-order valence-electron chi connectivity index (χ3n) is 4.36. The van der Waals surface area contributed by atoms with Crippen LogP contribution in [0.3, 0.4) is 0 Å². The first-order valence-electron chi connectivity index (χ1n) is 8.11. The predicted molar refractivity (Wildman–Crippen MR) is 87.1 cm³/mol. The molecule has 8 heteroatoms. The van der Waals surface area contributed by atoms with E-state index in [-0.39, 0.29) is 11.5 Å². The molecule has 0 fully saturated rings. The Labute approximate surface area is 147 Å².